The number of rotatable bonds is 7. The topological polar surface area (TPSA) is 24.5 Å². The molecule has 1 rings (SSSR count). The van der Waals surface area contributed by atoms with Gasteiger partial charge in [0, 0.05) is 12.6 Å². The molecular weight excluding hydrogens is 164 g/mol. The van der Waals surface area contributed by atoms with E-state index < -0.39 is 0 Å². The summed E-state index contributed by atoms with van der Waals surface area (Å²) in [7, 11) is 4.12. The van der Waals surface area contributed by atoms with Gasteiger partial charge in [0.2, 0.25) is 0 Å². The van der Waals surface area contributed by atoms with Gasteiger partial charge in [-0.1, -0.05) is 0 Å². The van der Waals surface area contributed by atoms with Crippen molar-refractivity contribution >= 4 is 0 Å². The molecule has 0 heterocycles. The third-order valence-electron chi connectivity index (χ3n) is 2.52. The van der Waals surface area contributed by atoms with Crippen molar-refractivity contribution in [3.63, 3.8) is 0 Å². The molecule has 3 nitrogen and oxygen atoms in total. The van der Waals surface area contributed by atoms with Crippen molar-refractivity contribution in [3.05, 3.63) is 0 Å². The van der Waals surface area contributed by atoms with Gasteiger partial charge in [0.25, 0.3) is 0 Å². The van der Waals surface area contributed by atoms with E-state index in [1.165, 1.54) is 12.8 Å². The SMILES string of the molecule is C[C@@H](NCOCCN(C)C)C1CC1. The van der Waals surface area contributed by atoms with Crippen LogP contribution in [0.1, 0.15) is 19.8 Å². The molecule has 0 aromatic heterocycles. The summed E-state index contributed by atoms with van der Waals surface area (Å²) in [5.74, 6) is 0.914. The second-order valence-corrected chi connectivity index (χ2v) is 4.19. The Morgan fingerprint density at radius 3 is 2.69 bits per heavy atom. The van der Waals surface area contributed by atoms with Crippen LogP contribution in [-0.2, 0) is 4.74 Å². The smallest absolute Gasteiger partial charge is 0.0968 e. The van der Waals surface area contributed by atoms with Gasteiger partial charge in [-0.3, -0.25) is 5.32 Å². The fourth-order valence-corrected chi connectivity index (χ4v) is 1.27. The van der Waals surface area contributed by atoms with E-state index in [-0.39, 0.29) is 0 Å². The van der Waals surface area contributed by atoms with E-state index in [4.69, 9.17) is 4.74 Å². The first kappa shape index (κ1) is 11.0. The Balaban J connectivity index is 1.83. The van der Waals surface area contributed by atoms with Crippen LogP contribution >= 0.6 is 0 Å². The summed E-state index contributed by atoms with van der Waals surface area (Å²) in [5, 5.41) is 3.38. The molecule has 1 aliphatic carbocycles. The van der Waals surface area contributed by atoms with E-state index in [0.717, 1.165) is 19.1 Å². The third-order valence-corrected chi connectivity index (χ3v) is 2.52. The van der Waals surface area contributed by atoms with Crippen molar-refractivity contribution in [1.82, 2.24) is 10.2 Å². The maximum atomic E-state index is 5.44. The van der Waals surface area contributed by atoms with Crippen LogP contribution in [0.4, 0.5) is 0 Å². The van der Waals surface area contributed by atoms with E-state index in [1.54, 1.807) is 0 Å². The maximum absolute atomic E-state index is 5.44. The molecule has 1 fully saturated rings. The number of nitrogens with one attached hydrogen (secondary N) is 1. The molecule has 0 spiro atoms. The van der Waals surface area contributed by atoms with E-state index in [1.807, 2.05) is 0 Å². The third kappa shape index (κ3) is 5.24. The Bertz CT molecular complexity index is 135. The van der Waals surface area contributed by atoms with Crippen LogP contribution in [0.3, 0.4) is 0 Å². The van der Waals surface area contributed by atoms with Gasteiger partial charge in [-0.25, -0.2) is 0 Å². The molecule has 1 N–H and O–H groups in total. The average Bonchev–Trinajstić information content (AvgIpc) is 2.85. The van der Waals surface area contributed by atoms with E-state index in [2.05, 4.69) is 31.2 Å². The van der Waals surface area contributed by atoms with E-state index in [0.29, 0.717) is 12.8 Å². The summed E-state index contributed by atoms with van der Waals surface area (Å²) in [6, 6.07) is 0.638. The number of ether oxygens (including phenoxy) is 1. The summed E-state index contributed by atoms with van der Waals surface area (Å²) < 4.78 is 5.44. The molecule has 1 aliphatic rings. The summed E-state index contributed by atoms with van der Waals surface area (Å²) >= 11 is 0. The standard InChI is InChI=1S/C10H22N2O/c1-9(10-4-5-10)11-8-13-7-6-12(2)3/h9-11H,4-8H2,1-3H3/t9-/m1/s1. The molecule has 78 valence electrons. The van der Waals surface area contributed by atoms with Gasteiger partial charge >= 0.3 is 0 Å². The highest BCUT2D eigenvalue weighted by Crippen LogP contribution is 2.32. The minimum atomic E-state index is 0.638. The first-order chi connectivity index (χ1) is 6.20. The van der Waals surface area contributed by atoms with Crippen molar-refractivity contribution in [2.24, 2.45) is 5.92 Å². The first-order valence-corrected chi connectivity index (χ1v) is 5.16. The number of nitrogens with zero attached hydrogens (tertiary/aromatic N) is 1. The lowest BCUT2D eigenvalue weighted by Gasteiger charge is -2.14. The molecule has 0 aromatic carbocycles. The highest BCUT2D eigenvalue weighted by Gasteiger charge is 2.27. The van der Waals surface area contributed by atoms with Gasteiger partial charge in [0.15, 0.2) is 0 Å². The lowest BCUT2D eigenvalue weighted by atomic mass is 10.2. The number of hydrogen-bond donors (Lipinski definition) is 1. The van der Waals surface area contributed by atoms with Crippen LogP contribution in [0.5, 0.6) is 0 Å². The molecule has 1 atom stereocenters. The highest BCUT2D eigenvalue weighted by molar-refractivity contribution is 4.82. The van der Waals surface area contributed by atoms with Gasteiger partial charge < -0.3 is 9.64 Å². The molecule has 1 saturated carbocycles. The summed E-state index contributed by atoms with van der Waals surface area (Å²) in [6.07, 6.45) is 2.79. The fraction of sp³-hybridized carbons (Fsp3) is 1.00. The monoisotopic (exact) mass is 186 g/mol. The minimum Gasteiger partial charge on any atom is -0.365 e. The molecule has 0 aliphatic heterocycles. The Morgan fingerprint density at radius 2 is 2.15 bits per heavy atom. The molecule has 0 bridgehead atoms. The Kier molecular flexibility index (Phi) is 4.70. The average molecular weight is 186 g/mol. The van der Waals surface area contributed by atoms with Crippen molar-refractivity contribution in [2.75, 3.05) is 34.0 Å². The van der Waals surface area contributed by atoms with Crippen LogP contribution in [0.2, 0.25) is 0 Å². The molecule has 13 heavy (non-hydrogen) atoms. The van der Waals surface area contributed by atoms with Gasteiger partial charge in [0.1, 0.15) is 0 Å². The second kappa shape index (κ2) is 5.58. The Labute approximate surface area is 81.4 Å². The van der Waals surface area contributed by atoms with Crippen molar-refractivity contribution in [2.45, 2.75) is 25.8 Å². The lowest BCUT2D eigenvalue weighted by molar-refractivity contribution is 0.0943. The molecular formula is C10H22N2O. The van der Waals surface area contributed by atoms with Gasteiger partial charge in [-0.2, -0.15) is 0 Å². The molecule has 0 amide bonds. The molecule has 0 radical (unpaired) electrons. The van der Waals surface area contributed by atoms with Crippen LogP contribution < -0.4 is 5.32 Å². The number of hydrogen-bond acceptors (Lipinski definition) is 3. The zero-order valence-electron chi connectivity index (χ0n) is 9.05. The minimum absolute atomic E-state index is 0.638. The van der Waals surface area contributed by atoms with Crippen molar-refractivity contribution < 1.29 is 4.74 Å². The predicted molar refractivity (Wildman–Crippen MR) is 54.7 cm³/mol. The zero-order valence-corrected chi connectivity index (χ0v) is 9.05. The first-order valence-electron chi connectivity index (χ1n) is 5.16. The van der Waals surface area contributed by atoms with Gasteiger partial charge in [-0.15, -0.1) is 0 Å². The highest BCUT2D eigenvalue weighted by atomic mass is 16.5. The van der Waals surface area contributed by atoms with Crippen LogP contribution in [0, 0.1) is 5.92 Å². The molecule has 0 saturated heterocycles. The molecule has 0 unspecified atom stereocenters. The van der Waals surface area contributed by atoms with Crippen LogP contribution in [0.25, 0.3) is 0 Å². The van der Waals surface area contributed by atoms with E-state index >= 15 is 0 Å². The summed E-state index contributed by atoms with van der Waals surface area (Å²) in [5.41, 5.74) is 0. The van der Waals surface area contributed by atoms with E-state index in [9.17, 15) is 0 Å². The van der Waals surface area contributed by atoms with Crippen molar-refractivity contribution in [3.8, 4) is 0 Å². The van der Waals surface area contributed by atoms with Crippen LogP contribution in [-0.4, -0.2) is 44.9 Å². The molecule has 0 aromatic rings. The lowest BCUT2D eigenvalue weighted by Crippen LogP contribution is -2.31. The normalized spacial score (nSPS) is 19.4. The second-order valence-electron chi connectivity index (χ2n) is 4.19. The Hall–Kier alpha value is -0.120. The van der Waals surface area contributed by atoms with Crippen LogP contribution in [0.15, 0.2) is 0 Å². The van der Waals surface area contributed by atoms with Gasteiger partial charge in [0.05, 0.1) is 13.3 Å². The maximum Gasteiger partial charge on any atom is 0.0968 e. The molecule has 3 heteroatoms. The quantitative estimate of drug-likeness (QED) is 0.472. The summed E-state index contributed by atoms with van der Waals surface area (Å²) in [4.78, 5) is 2.13. The predicted octanol–water partition coefficient (Wildman–Crippen LogP) is 0.910. The summed E-state index contributed by atoms with van der Waals surface area (Å²) in [6.45, 7) is 4.76. The fourth-order valence-electron chi connectivity index (χ4n) is 1.27. The Morgan fingerprint density at radius 1 is 1.46 bits per heavy atom. The van der Waals surface area contributed by atoms with Crippen molar-refractivity contribution in [1.29, 1.82) is 0 Å². The largest absolute Gasteiger partial charge is 0.365 e. The van der Waals surface area contributed by atoms with Gasteiger partial charge in [-0.05, 0) is 39.8 Å². The zero-order chi connectivity index (χ0) is 9.68. The number of likely N-dealkylation sites (N-methyl/N-ethyl adjacent to an activating group) is 1.